The van der Waals surface area contributed by atoms with Gasteiger partial charge in [0.15, 0.2) is 5.78 Å². The predicted molar refractivity (Wildman–Crippen MR) is 47.7 cm³/mol. The maximum Gasteiger partial charge on any atom is 0.174 e. The fraction of sp³-hybridized carbons (Fsp3) is 0.375. The molecule has 12 heavy (non-hydrogen) atoms. The Morgan fingerprint density at radius 3 is 3.00 bits per heavy atom. The molecule has 0 fully saturated rings. The highest BCUT2D eigenvalue weighted by Crippen LogP contribution is 2.10. The molecule has 0 saturated heterocycles. The summed E-state index contributed by atoms with van der Waals surface area (Å²) in [5.74, 6) is 0.0888. The van der Waals surface area contributed by atoms with E-state index in [1.165, 1.54) is 18.4 Å². The number of carbonyl (C=O) groups excluding carboxylic acids is 1. The van der Waals surface area contributed by atoms with E-state index in [-0.39, 0.29) is 5.78 Å². The van der Waals surface area contributed by atoms with Gasteiger partial charge >= 0.3 is 0 Å². The number of hydrogen-bond donors (Lipinski definition) is 1. The van der Waals surface area contributed by atoms with E-state index in [9.17, 15) is 4.79 Å². The summed E-state index contributed by atoms with van der Waals surface area (Å²) in [4.78, 5) is 12.0. The third kappa shape index (κ3) is 2.73. The number of Topliss-reactive ketones (excluding diaryl/α,β-unsaturated/α-hetero) is 1. The molecule has 0 radical (unpaired) electrons. The number of rotatable bonds is 4. The van der Waals surface area contributed by atoms with Crippen molar-refractivity contribution in [1.82, 2.24) is 5.06 Å². The minimum atomic E-state index is 0.0888. The molecule has 1 N–H and O–H groups in total. The summed E-state index contributed by atoms with van der Waals surface area (Å²) in [6.07, 6.45) is 0.369. The second kappa shape index (κ2) is 4.35. The van der Waals surface area contributed by atoms with Crippen molar-refractivity contribution < 1.29 is 10.0 Å². The molecule has 0 aliphatic rings. The van der Waals surface area contributed by atoms with E-state index in [1.807, 2.05) is 11.4 Å². The van der Waals surface area contributed by atoms with E-state index in [1.54, 1.807) is 6.07 Å². The molecule has 1 aromatic rings. The molecule has 1 heterocycles. The van der Waals surface area contributed by atoms with E-state index >= 15 is 0 Å². The number of ketones is 1. The molecule has 66 valence electrons. The summed E-state index contributed by atoms with van der Waals surface area (Å²) in [5.41, 5.74) is 0. The van der Waals surface area contributed by atoms with Crippen molar-refractivity contribution in [2.24, 2.45) is 0 Å². The zero-order valence-electron chi connectivity index (χ0n) is 6.86. The molecule has 0 saturated carbocycles. The minimum absolute atomic E-state index is 0.0888. The molecule has 0 atom stereocenters. The monoisotopic (exact) mass is 185 g/mol. The maximum absolute atomic E-state index is 11.3. The van der Waals surface area contributed by atoms with Crippen LogP contribution in [-0.2, 0) is 0 Å². The SMILES string of the molecule is CN(O)CCC(=O)c1cccs1. The number of nitrogens with zero attached hydrogens (tertiary/aromatic N) is 1. The topological polar surface area (TPSA) is 40.5 Å². The molecule has 0 unspecified atom stereocenters. The van der Waals surface area contributed by atoms with Gasteiger partial charge in [-0.3, -0.25) is 4.79 Å². The lowest BCUT2D eigenvalue weighted by Crippen LogP contribution is -2.16. The van der Waals surface area contributed by atoms with Crippen molar-refractivity contribution in [2.75, 3.05) is 13.6 Å². The van der Waals surface area contributed by atoms with Crippen LogP contribution in [0.1, 0.15) is 16.1 Å². The summed E-state index contributed by atoms with van der Waals surface area (Å²) in [7, 11) is 1.53. The highest BCUT2D eigenvalue weighted by molar-refractivity contribution is 7.12. The van der Waals surface area contributed by atoms with Crippen LogP contribution in [0.4, 0.5) is 0 Å². The minimum Gasteiger partial charge on any atom is -0.314 e. The highest BCUT2D eigenvalue weighted by Gasteiger charge is 2.06. The van der Waals surface area contributed by atoms with Crippen LogP contribution in [0.5, 0.6) is 0 Å². The summed E-state index contributed by atoms with van der Waals surface area (Å²) < 4.78 is 0. The molecule has 0 aromatic carbocycles. The van der Waals surface area contributed by atoms with Crippen LogP contribution in [0.15, 0.2) is 17.5 Å². The van der Waals surface area contributed by atoms with Gasteiger partial charge in [0.1, 0.15) is 0 Å². The van der Waals surface area contributed by atoms with Crippen molar-refractivity contribution in [1.29, 1.82) is 0 Å². The molecule has 1 aromatic heterocycles. The van der Waals surface area contributed by atoms with Gasteiger partial charge in [-0.2, -0.15) is 5.06 Å². The molecule has 0 aliphatic carbocycles. The number of hydroxylamine groups is 2. The zero-order chi connectivity index (χ0) is 8.97. The Bertz CT molecular complexity index is 244. The van der Waals surface area contributed by atoms with Gasteiger partial charge < -0.3 is 5.21 Å². The molecule has 4 heteroatoms. The molecule has 3 nitrogen and oxygen atoms in total. The maximum atomic E-state index is 11.3. The molecule has 1 rings (SSSR count). The lowest BCUT2D eigenvalue weighted by atomic mass is 10.2. The predicted octanol–water partition coefficient (Wildman–Crippen LogP) is 1.64. The number of thiophene rings is 1. The average molecular weight is 185 g/mol. The van der Waals surface area contributed by atoms with Crippen LogP contribution < -0.4 is 0 Å². The molecule has 0 bridgehead atoms. The number of hydrogen-bond acceptors (Lipinski definition) is 4. The highest BCUT2D eigenvalue weighted by atomic mass is 32.1. The summed E-state index contributed by atoms with van der Waals surface area (Å²) >= 11 is 1.43. The summed E-state index contributed by atoms with van der Waals surface area (Å²) in [5, 5.41) is 11.7. The van der Waals surface area contributed by atoms with E-state index in [0.717, 1.165) is 9.94 Å². The third-order valence-corrected chi connectivity index (χ3v) is 2.37. The van der Waals surface area contributed by atoms with Crippen LogP contribution in [0, 0.1) is 0 Å². The van der Waals surface area contributed by atoms with Crippen molar-refractivity contribution in [2.45, 2.75) is 6.42 Å². The van der Waals surface area contributed by atoms with Crippen molar-refractivity contribution in [3.63, 3.8) is 0 Å². The van der Waals surface area contributed by atoms with Crippen molar-refractivity contribution in [3.8, 4) is 0 Å². The molecule has 0 spiro atoms. The zero-order valence-corrected chi connectivity index (χ0v) is 7.67. The lowest BCUT2D eigenvalue weighted by Gasteiger charge is -2.05. The van der Waals surface area contributed by atoms with E-state index in [4.69, 9.17) is 5.21 Å². The molecular weight excluding hydrogens is 174 g/mol. The van der Waals surface area contributed by atoms with Gasteiger partial charge in [0.05, 0.1) is 4.88 Å². The van der Waals surface area contributed by atoms with Gasteiger partial charge in [0.25, 0.3) is 0 Å². The molecule has 0 amide bonds. The van der Waals surface area contributed by atoms with E-state index < -0.39 is 0 Å². The van der Waals surface area contributed by atoms with Gasteiger partial charge in [-0.15, -0.1) is 11.3 Å². The van der Waals surface area contributed by atoms with Gasteiger partial charge in [0, 0.05) is 20.0 Å². The Hall–Kier alpha value is -0.710. The Kier molecular flexibility index (Phi) is 3.40. The third-order valence-electron chi connectivity index (χ3n) is 1.46. The second-order valence-electron chi connectivity index (χ2n) is 2.53. The summed E-state index contributed by atoms with van der Waals surface area (Å²) in [6, 6.07) is 3.64. The fourth-order valence-corrected chi connectivity index (χ4v) is 1.52. The number of carbonyl (C=O) groups is 1. The average Bonchev–Trinajstić information content (AvgIpc) is 2.51. The quantitative estimate of drug-likeness (QED) is 0.572. The van der Waals surface area contributed by atoms with E-state index in [2.05, 4.69) is 0 Å². The van der Waals surface area contributed by atoms with Gasteiger partial charge in [0.2, 0.25) is 0 Å². The normalized spacial score (nSPS) is 10.6. The van der Waals surface area contributed by atoms with Crippen LogP contribution in [0.3, 0.4) is 0 Å². The van der Waals surface area contributed by atoms with E-state index in [0.29, 0.717) is 13.0 Å². The molecule has 0 aliphatic heterocycles. The fourth-order valence-electron chi connectivity index (χ4n) is 0.824. The van der Waals surface area contributed by atoms with Crippen molar-refractivity contribution >= 4 is 17.1 Å². The Labute approximate surface area is 75.2 Å². The lowest BCUT2D eigenvalue weighted by molar-refractivity contribution is -0.0635. The van der Waals surface area contributed by atoms with Gasteiger partial charge in [-0.05, 0) is 11.4 Å². The largest absolute Gasteiger partial charge is 0.314 e. The Morgan fingerprint density at radius 2 is 2.50 bits per heavy atom. The first-order valence-electron chi connectivity index (χ1n) is 3.67. The van der Waals surface area contributed by atoms with Crippen LogP contribution >= 0.6 is 11.3 Å². The van der Waals surface area contributed by atoms with Crippen LogP contribution in [-0.4, -0.2) is 29.6 Å². The molecular formula is C8H11NO2S. The Balaban J connectivity index is 2.40. The van der Waals surface area contributed by atoms with Crippen LogP contribution in [0.2, 0.25) is 0 Å². The Morgan fingerprint density at radius 1 is 1.75 bits per heavy atom. The summed E-state index contributed by atoms with van der Waals surface area (Å²) in [6.45, 7) is 0.386. The van der Waals surface area contributed by atoms with Crippen molar-refractivity contribution in [3.05, 3.63) is 22.4 Å². The van der Waals surface area contributed by atoms with Gasteiger partial charge in [-0.1, -0.05) is 6.07 Å². The second-order valence-corrected chi connectivity index (χ2v) is 3.48. The first-order valence-corrected chi connectivity index (χ1v) is 4.55. The van der Waals surface area contributed by atoms with Gasteiger partial charge in [-0.25, -0.2) is 0 Å². The first kappa shape index (κ1) is 9.38. The first-order chi connectivity index (χ1) is 5.70. The standard InChI is InChI=1S/C8H11NO2S/c1-9(11)5-4-7(10)8-3-2-6-12-8/h2-3,6,11H,4-5H2,1H3. The smallest absolute Gasteiger partial charge is 0.174 e. The van der Waals surface area contributed by atoms with Crippen LogP contribution in [0.25, 0.3) is 0 Å².